The summed E-state index contributed by atoms with van der Waals surface area (Å²) in [5.41, 5.74) is -0.552. The molecule has 0 bridgehead atoms. The quantitative estimate of drug-likeness (QED) is 0.670. The van der Waals surface area contributed by atoms with Crippen molar-refractivity contribution < 1.29 is 24.2 Å². The van der Waals surface area contributed by atoms with Gasteiger partial charge in [-0.1, -0.05) is 0 Å². The van der Waals surface area contributed by atoms with Crippen LogP contribution in [0.3, 0.4) is 0 Å². The fourth-order valence-corrected chi connectivity index (χ4v) is 1.56. The summed E-state index contributed by atoms with van der Waals surface area (Å²) < 4.78 is 9.30. The summed E-state index contributed by atoms with van der Waals surface area (Å²) in [5.74, 6) is 0. The van der Waals surface area contributed by atoms with Crippen LogP contribution in [0.4, 0.5) is 9.59 Å². The third-order valence-electron chi connectivity index (χ3n) is 2.08. The molecule has 0 unspecified atom stereocenters. The molecule has 0 saturated carbocycles. The van der Waals surface area contributed by atoms with Crippen molar-refractivity contribution in [3.8, 4) is 0 Å². The number of hydrogen-bond acceptors (Lipinski definition) is 4. The zero-order chi connectivity index (χ0) is 11.6. The maximum atomic E-state index is 11.1. The van der Waals surface area contributed by atoms with Gasteiger partial charge in [-0.05, 0) is 20.8 Å². The molecule has 0 aromatic carbocycles. The second-order valence-electron chi connectivity index (χ2n) is 4.35. The van der Waals surface area contributed by atoms with Crippen molar-refractivity contribution in [2.75, 3.05) is 13.2 Å². The molecule has 0 atom stereocenters. The second-order valence-corrected chi connectivity index (χ2v) is 4.35. The summed E-state index contributed by atoms with van der Waals surface area (Å²) in [4.78, 5) is 22.9. The first-order valence-corrected chi connectivity index (χ1v) is 4.64. The van der Waals surface area contributed by atoms with Crippen LogP contribution in [0.25, 0.3) is 0 Å². The molecule has 0 aliphatic carbocycles. The highest BCUT2D eigenvalue weighted by Gasteiger charge is 2.36. The number of ether oxygens (including phenoxy) is 2. The van der Waals surface area contributed by atoms with Gasteiger partial charge >= 0.3 is 12.2 Å². The zero-order valence-corrected chi connectivity index (χ0v) is 9.02. The van der Waals surface area contributed by atoms with Gasteiger partial charge in [-0.3, -0.25) is 4.90 Å². The van der Waals surface area contributed by atoms with Crippen LogP contribution in [0.1, 0.15) is 20.8 Å². The van der Waals surface area contributed by atoms with Crippen molar-refractivity contribution in [3.05, 3.63) is 0 Å². The van der Waals surface area contributed by atoms with Crippen LogP contribution in [-0.4, -0.2) is 47.0 Å². The number of carbonyl (C=O) groups excluding carboxylic acids is 1. The number of nitrogens with zero attached hydrogens (tertiary/aromatic N) is 1. The molecule has 86 valence electrons. The van der Waals surface area contributed by atoms with Crippen molar-refractivity contribution in [1.82, 2.24) is 4.90 Å². The van der Waals surface area contributed by atoms with E-state index in [-0.39, 0.29) is 13.2 Å². The summed E-state index contributed by atoms with van der Waals surface area (Å²) in [5, 5.41) is 9.06. The highest BCUT2D eigenvalue weighted by atomic mass is 16.7. The topological polar surface area (TPSA) is 76.1 Å². The smallest absolute Gasteiger partial charge is 0.465 e. The van der Waals surface area contributed by atoms with Crippen LogP contribution >= 0.6 is 0 Å². The van der Waals surface area contributed by atoms with E-state index in [1.165, 1.54) is 4.90 Å². The lowest BCUT2D eigenvalue weighted by atomic mass is 10.0. The van der Waals surface area contributed by atoms with E-state index in [1.54, 1.807) is 20.8 Å². The standard InChI is InChI=1S/C9H15NO5/c1-9(2,3)10(7(11)12)6-4-14-8(13)15-5-6/h6H,4-5H2,1-3H3,(H,11,12). The maximum absolute atomic E-state index is 11.1. The maximum Gasteiger partial charge on any atom is 0.508 e. The van der Waals surface area contributed by atoms with E-state index in [9.17, 15) is 9.59 Å². The first kappa shape index (κ1) is 11.6. The van der Waals surface area contributed by atoms with Gasteiger partial charge in [-0.2, -0.15) is 0 Å². The summed E-state index contributed by atoms with van der Waals surface area (Å²) in [6, 6.07) is -0.444. The van der Waals surface area contributed by atoms with Crippen LogP contribution in [0.2, 0.25) is 0 Å². The predicted octanol–water partition coefficient (Wildman–Crippen LogP) is 1.30. The van der Waals surface area contributed by atoms with Gasteiger partial charge in [-0.15, -0.1) is 0 Å². The molecule has 1 amide bonds. The summed E-state index contributed by atoms with van der Waals surface area (Å²) in [6.07, 6.45) is -1.79. The largest absolute Gasteiger partial charge is 0.508 e. The Balaban J connectivity index is 2.73. The molecule has 6 nitrogen and oxygen atoms in total. The van der Waals surface area contributed by atoms with Gasteiger partial charge in [0.1, 0.15) is 19.3 Å². The van der Waals surface area contributed by atoms with Gasteiger partial charge in [0.05, 0.1) is 0 Å². The van der Waals surface area contributed by atoms with Gasteiger partial charge in [0.15, 0.2) is 0 Å². The monoisotopic (exact) mass is 217 g/mol. The van der Waals surface area contributed by atoms with Crippen molar-refractivity contribution in [3.63, 3.8) is 0 Å². The molecule has 0 aromatic rings. The van der Waals surface area contributed by atoms with Gasteiger partial charge < -0.3 is 14.6 Å². The first-order valence-electron chi connectivity index (χ1n) is 4.64. The van der Waals surface area contributed by atoms with E-state index >= 15 is 0 Å². The van der Waals surface area contributed by atoms with E-state index in [0.717, 1.165) is 0 Å². The lowest BCUT2D eigenvalue weighted by molar-refractivity contribution is -0.0478. The Kier molecular flexibility index (Phi) is 3.06. The lowest BCUT2D eigenvalue weighted by Gasteiger charge is -2.40. The number of amides is 1. The highest BCUT2D eigenvalue weighted by molar-refractivity contribution is 5.67. The fourth-order valence-electron chi connectivity index (χ4n) is 1.56. The van der Waals surface area contributed by atoms with Crippen LogP contribution in [0, 0.1) is 0 Å². The van der Waals surface area contributed by atoms with Gasteiger partial charge in [0, 0.05) is 5.54 Å². The molecule has 0 radical (unpaired) electrons. The Hall–Kier alpha value is -1.46. The minimum Gasteiger partial charge on any atom is -0.465 e. The van der Waals surface area contributed by atoms with E-state index < -0.39 is 23.8 Å². The van der Waals surface area contributed by atoms with Crippen LogP contribution in [-0.2, 0) is 9.47 Å². The summed E-state index contributed by atoms with van der Waals surface area (Å²) in [7, 11) is 0. The number of cyclic esters (lactones) is 2. The molecular formula is C9H15NO5. The lowest BCUT2D eigenvalue weighted by Crippen LogP contribution is -2.56. The van der Waals surface area contributed by atoms with Crippen molar-refractivity contribution >= 4 is 12.2 Å². The third kappa shape index (κ3) is 2.74. The average molecular weight is 217 g/mol. The van der Waals surface area contributed by atoms with E-state index in [4.69, 9.17) is 5.11 Å². The second kappa shape index (κ2) is 3.96. The summed E-state index contributed by atoms with van der Waals surface area (Å²) >= 11 is 0. The normalized spacial score (nSPS) is 17.9. The Labute approximate surface area is 87.8 Å². The van der Waals surface area contributed by atoms with E-state index in [0.29, 0.717) is 0 Å². The molecule has 0 aromatic heterocycles. The van der Waals surface area contributed by atoms with Crippen molar-refractivity contribution in [2.45, 2.75) is 32.4 Å². The minimum atomic E-state index is -1.05. The third-order valence-corrected chi connectivity index (χ3v) is 2.08. The molecule has 1 fully saturated rings. The zero-order valence-electron chi connectivity index (χ0n) is 9.02. The van der Waals surface area contributed by atoms with E-state index in [1.807, 2.05) is 0 Å². The van der Waals surface area contributed by atoms with Gasteiger partial charge in [0.2, 0.25) is 0 Å². The van der Waals surface area contributed by atoms with Crippen LogP contribution in [0.15, 0.2) is 0 Å². The average Bonchev–Trinajstić information content (AvgIpc) is 2.05. The van der Waals surface area contributed by atoms with Gasteiger partial charge in [-0.25, -0.2) is 9.59 Å². The SMILES string of the molecule is CC(C)(C)N(C(=O)O)C1COC(=O)OC1. The molecule has 6 heteroatoms. The molecule has 1 aliphatic rings. The van der Waals surface area contributed by atoms with Crippen molar-refractivity contribution in [2.24, 2.45) is 0 Å². The Morgan fingerprint density at radius 2 is 1.87 bits per heavy atom. The molecular weight excluding hydrogens is 202 g/mol. The summed E-state index contributed by atoms with van der Waals surface area (Å²) in [6.45, 7) is 5.41. The van der Waals surface area contributed by atoms with Crippen molar-refractivity contribution in [1.29, 1.82) is 0 Å². The van der Waals surface area contributed by atoms with Gasteiger partial charge in [0.25, 0.3) is 0 Å². The van der Waals surface area contributed by atoms with Crippen LogP contribution < -0.4 is 0 Å². The molecule has 1 saturated heterocycles. The molecule has 1 aliphatic heterocycles. The molecule has 1 rings (SSSR count). The number of rotatable bonds is 1. The first-order chi connectivity index (χ1) is 6.82. The fraction of sp³-hybridized carbons (Fsp3) is 0.778. The minimum absolute atomic E-state index is 0.0441. The Bertz CT molecular complexity index is 260. The predicted molar refractivity (Wildman–Crippen MR) is 50.7 cm³/mol. The number of carboxylic acid groups (broad SMARTS) is 1. The molecule has 1 heterocycles. The Morgan fingerprint density at radius 1 is 1.40 bits per heavy atom. The number of carbonyl (C=O) groups is 2. The molecule has 15 heavy (non-hydrogen) atoms. The Morgan fingerprint density at radius 3 is 2.20 bits per heavy atom. The van der Waals surface area contributed by atoms with E-state index in [2.05, 4.69) is 9.47 Å². The molecule has 0 spiro atoms. The number of hydrogen-bond donors (Lipinski definition) is 1. The highest BCUT2D eigenvalue weighted by Crippen LogP contribution is 2.19. The van der Waals surface area contributed by atoms with Crippen LogP contribution in [0.5, 0.6) is 0 Å². The molecule has 1 N–H and O–H groups in total.